The number of aromatic nitrogens is 5. The Morgan fingerprint density at radius 3 is 2.58 bits per heavy atom. The summed E-state index contributed by atoms with van der Waals surface area (Å²) in [5.41, 5.74) is 0.300. The predicted octanol–water partition coefficient (Wildman–Crippen LogP) is 2.13. The van der Waals surface area contributed by atoms with E-state index in [2.05, 4.69) is 34.0 Å². The Balaban J connectivity index is 2.25. The van der Waals surface area contributed by atoms with Gasteiger partial charge in [-0.15, -0.1) is 10.2 Å². The van der Waals surface area contributed by atoms with Gasteiger partial charge in [0, 0.05) is 24.7 Å². The molecule has 98 valence electrons. The van der Waals surface area contributed by atoms with Gasteiger partial charge in [-0.25, -0.2) is 9.97 Å². The second-order valence-corrected chi connectivity index (χ2v) is 6.41. The van der Waals surface area contributed by atoms with Crippen LogP contribution >= 0.6 is 23.5 Å². The fraction of sp³-hybridized carbons (Fsp3) is 0.364. The molecular formula is C11H12N6S2. The maximum absolute atomic E-state index is 8.98. The van der Waals surface area contributed by atoms with Gasteiger partial charge in [-0.05, 0) is 11.8 Å². The minimum Gasteiger partial charge on any atom is -0.300 e. The fourth-order valence-electron chi connectivity index (χ4n) is 1.27. The fourth-order valence-corrected chi connectivity index (χ4v) is 2.87. The first-order valence-electron chi connectivity index (χ1n) is 5.56. The molecule has 0 bridgehead atoms. The molecule has 0 aliphatic heterocycles. The van der Waals surface area contributed by atoms with Crippen molar-refractivity contribution in [2.24, 2.45) is 7.05 Å². The third kappa shape index (κ3) is 3.24. The zero-order valence-corrected chi connectivity index (χ0v) is 12.4. The van der Waals surface area contributed by atoms with Crippen LogP contribution in [0.3, 0.4) is 0 Å². The van der Waals surface area contributed by atoms with Crippen LogP contribution in [0.2, 0.25) is 0 Å². The average Bonchev–Trinajstić information content (AvgIpc) is 2.72. The molecule has 2 aromatic rings. The first kappa shape index (κ1) is 13.8. The summed E-state index contributed by atoms with van der Waals surface area (Å²) in [7, 11) is 1.90. The van der Waals surface area contributed by atoms with E-state index in [1.807, 2.05) is 17.7 Å². The molecule has 2 rings (SSSR count). The molecule has 6 nitrogen and oxygen atoms in total. The van der Waals surface area contributed by atoms with E-state index in [0.29, 0.717) is 21.1 Å². The molecule has 19 heavy (non-hydrogen) atoms. The first-order chi connectivity index (χ1) is 9.11. The second-order valence-electron chi connectivity index (χ2n) is 3.91. The van der Waals surface area contributed by atoms with Crippen LogP contribution in [0.5, 0.6) is 0 Å². The van der Waals surface area contributed by atoms with Crippen molar-refractivity contribution < 1.29 is 0 Å². The number of thioether (sulfide) groups is 1. The monoisotopic (exact) mass is 292 g/mol. The van der Waals surface area contributed by atoms with Gasteiger partial charge in [0.1, 0.15) is 11.1 Å². The molecule has 0 radical (unpaired) electrons. The van der Waals surface area contributed by atoms with E-state index < -0.39 is 0 Å². The second kappa shape index (κ2) is 6.04. The highest BCUT2D eigenvalue weighted by molar-refractivity contribution is 8.00. The maximum Gasteiger partial charge on any atom is 0.198 e. The predicted molar refractivity (Wildman–Crippen MR) is 72.9 cm³/mol. The van der Waals surface area contributed by atoms with Crippen molar-refractivity contribution >= 4 is 23.5 Å². The van der Waals surface area contributed by atoms with Crippen LogP contribution in [0.15, 0.2) is 27.7 Å². The lowest BCUT2D eigenvalue weighted by atomic mass is 10.5. The van der Waals surface area contributed by atoms with Crippen LogP contribution in [-0.4, -0.2) is 30.0 Å². The molecule has 0 atom stereocenters. The number of nitrogens with zero attached hydrogens (tertiary/aromatic N) is 6. The van der Waals surface area contributed by atoms with E-state index in [4.69, 9.17) is 5.26 Å². The third-order valence-corrected chi connectivity index (χ3v) is 4.16. The number of hydrogen-bond acceptors (Lipinski definition) is 7. The normalized spacial score (nSPS) is 10.7. The maximum atomic E-state index is 8.98. The van der Waals surface area contributed by atoms with Gasteiger partial charge in [0.15, 0.2) is 16.0 Å². The largest absolute Gasteiger partial charge is 0.300 e. The van der Waals surface area contributed by atoms with E-state index in [1.54, 1.807) is 18.0 Å². The molecule has 0 spiro atoms. The molecule has 0 N–H and O–H groups in total. The minimum atomic E-state index is 0.300. The Morgan fingerprint density at radius 2 is 1.89 bits per heavy atom. The molecule has 2 heterocycles. The third-order valence-electron chi connectivity index (χ3n) is 2.09. The number of hydrogen-bond donors (Lipinski definition) is 0. The highest BCUT2D eigenvalue weighted by atomic mass is 32.2. The molecule has 0 aromatic carbocycles. The van der Waals surface area contributed by atoms with Gasteiger partial charge in [-0.2, -0.15) is 5.26 Å². The van der Waals surface area contributed by atoms with Crippen LogP contribution in [0, 0.1) is 11.3 Å². The first-order valence-corrected chi connectivity index (χ1v) is 7.26. The van der Waals surface area contributed by atoms with Gasteiger partial charge in [0.2, 0.25) is 0 Å². The van der Waals surface area contributed by atoms with Crippen molar-refractivity contribution in [2.75, 3.05) is 0 Å². The highest BCUT2D eigenvalue weighted by Crippen LogP contribution is 2.29. The van der Waals surface area contributed by atoms with Gasteiger partial charge < -0.3 is 0 Å². The zero-order valence-electron chi connectivity index (χ0n) is 10.7. The summed E-state index contributed by atoms with van der Waals surface area (Å²) >= 11 is 2.93. The summed E-state index contributed by atoms with van der Waals surface area (Å²) in [6.45, 7) is 4.20. The van der Waals surface area contributed by atoms with Gasteiger partial charge in [-0.1, -0.05) is 25.6 Å². The van der Waals surface area contributed by atoms with Gasteiger partial charge in [0.25, 0.3) is 0 Å². The van der Waals surface area contributed by atoms with Crippen molar-refractivity contribution in [2.45, 2.75) is 34.4 Å². The summed E-state index contributed by atoms with van der Waals surface area (Å²) in [6.07, 6.45) is 3.06. The van der Waals surface area contributed by atoms with Crippen molar-refractivity contribution in [3.8, 4) is 6.07 Å². The number of rotatable bonds is 4. The van der Waals surface area contributed by atoms with Crippen molar-refractivity contribution in [1.82, 2.24) is 24.7 Å². The van der Waals surface area contributed by atoms with Crippen LogP contribution in [0.1, 0.15) is 19.5 Å². The SMILES string of the molecule is CC(C)Sc1nnc(Sc2nccnc2C#N)n1C. The lowest BCUT2D eigenvalue weighted by Crippen LogP contribution is -1.97. The molecule has 0 fully saturated rings. The Bertz CT molecular complexity index is 616. The smallest absolute Gasteiger partial charge is 0.198 e. The van der Waals surface area contributed by atoms with Gasteiger partial charge in [-0.3, -0.25) is 4.57 Å². The average molecular weight is 292 g/mol. The topological polar surface area (TPSA) is 80.3 Å². The molecule has 2 aromatic heterocycles. The Kier molecular flexibility index (Phi) is 4.39. The lowest BCUT2D eigenvalue weighted by molar-refractivity contribution is 0.719. The highest BCUT2D eigenvalue weighted by Gasteiger charge is 2.14. The summed E-state index contributed by atoms with van der Waals surface area (Å²) in [6, 6.07) is 2.02. The van der Waals surface area contributed by atoms with E-state index in [0.717, 1.165) is 5.16 Å². The van der Waals surface area contributed by atoms with Crippen molar-refractivity contribution in [3.05, 3.63) is 18.1 Å². The van der Waals surface area contributed by atoms with Crippen molar-refractivity contribution in [3.63, 3.8) is 0 Å². The van der Waals surface area contributed by atoms with Crippen LogP contribution in [0.4, 0.5) is 0 Å². The van der Waals surface area contributed by atoms with Crippen LogP contribution in [-0.2, 0) is 7.05 Å². The molecule has 0 saturated heterocycles. The summed E-state index contributed by atoms with van der Waals surface area (Å²) in [5.74, 6) is 0. The number of nitriles is 1. The minimum absolute atomic E-state index is 0.300. The molecule has 0 aliphatic carbocycles. The Hall–Kier alpha value is -1.59. The van der Waals surface area contributed by atoms with E-state index in [1.165, 1.54) is 18.0 Å². The van der Waals surface area contributed by atoms with Crippen LogP contribution in [0.25, 0.3) is 0 Å². The molecular weight excluding hydrogens is 280 g/mol. The molecule has 0 amide bonds. The Labute approximate surface area is 119 Å². The standard InChI is InChI=1S/C11H12N6S2/c1-7(2)18-10-15-16-11(17(10)3)19-9-8(6-12)13-4-5-14-9/h4-5,7H,1-3H3. The van der Waals surface area contributed by atoms with E-state index in [9.17, 15) is 0 Å². The molecule has 0 aliphatic rings. The quantitative estimate of drug-likeness (QED) is 0.798. The Morgan fingerprint density at radius 1 is 1.21 bits per heavy atom. The van der Waals surface area contributed by atoms with Crippen LogP contribution < -0.4 is 0 Å². The molecule has 0 unspecified atom stereocenters. The molecule has 8 heteroatoms. The van der Waals surface area contributed by atoms with Gasteiger partial charge in [0.05, 0.1) is 0 Å². The zero-order chi connectivity index (χ0) is 13.8. The summed E-state index contributed by atoms with van der Waals surface area (Å²) in [4.78, 5) is 8.12. The summed E-state index contributed by atoms with van der Waals surface area (Å²) < 4.78 is 1.89. The van der Waals surface area contributed by atoms with E-state index >= 15 is 0 Å². The summed E-state index contributed by atoms with van der Waals surface area (Å²) in [5, 5.41) is 19.7. The lowest BCUT2D eigenvalue weighted by Gasteiger charge is -2.05. The van der Waals surface area contributed by atoms with E-state index in [-0.39, 0.29) is 0 Å². The van der Waals surface area contributed by atoms with Crippen molar-refractivity contribution in [1.29, 1.82) is 5.26 Å². The van der Waals surface area contributed by atoms with Gasteiger partial charge >= 0.3 is 0 Å². The molecule has 0 saturated carbocycles.